The molecule has 0 radical (unpaired) electrons. The largest absolute Gasteiger partial charge is 0.494 e. The van der Waals surface area contributed by atoms with E-state index in [2.05, 4.69) is 15.9 Å². The lowest BCUT2D eigenvalue weighted by Crippen LogP contribution is -2.10. The zero-order valence-electron chi connectivity index (χ0n) is 14.0. The predicted molar refractivity (Wildman–Crippen MR) is 100 cm³/mol. The summed E-state index contributed by atoms with van der Waals surface area (Å²) in [5.74, 6) is 1.03. The second kappa shape index (κ2) is 8.54. The minimum absolute atomic E-state index is 0.272. The van der Waals surface area contributed by atoms with Crippen molar-refractivity contribution in [3.8, 4) is 11.5 Å². The fourth-order valence-electron chi connectivity index (χ4n) is 2.26. The molecule has 0 heterocycles. The first-order chi connectivity index (χ1) is 11.4. The summed E-state index contributed by atoms with van der Waals surface area (Å²) >= 11 is 9.53. The summed E-state index contributed by atoms with van der Waals surface area (Å²) in [4.78, 5) is 11.9. The van der Waals surface area contributed by atoms with Gasteiger partial charge in [0.25, 0.3) is 0 Å². The van der Waals surface area contributed by atoms with Crippen LogP contribution in [0.2, 0.25) is 5.02 Å². The van der Waals surface area contributed by atoms with Gasteiger partial charge in [0.15, 0.2) is 0 Å². The highest BCUT2D eigenvalue weighted by Crippen LogP contribution is 2.27. The molecule has 0 aliphatic heterocycles. The number of hydrogen-bond donors (Lipinski definition) is 0. The zero-order valence-corrected chi connectivity index (χ0v) is 16.3. The van der Waals surface area contributed by atoms with Gasteiger partial charge in [-0.25, -0.2) is 0 Å². The summed E-state index contributed by atoms with van der Waals surface area (Å²) < 4.78 is 11.8. The summed E-state index contributed by atoms with van der Waals surface area (Å²) in [6.45, 7) is 6.32. The number of esters is 1. The number of benzene rings is 2. The van der Waals surface area contributed by atoms with Crippen LogP contribution in [0.4, 0.5) is 0 Å². The molecule has 0 saturated heterocycles. The fraction of sp³-hybridized carbons (Fsp3) is 0.316. The SMILES string of the molecule is Cc1ccc(OC(=O)CCCOc2cc(C)c(Cl)c(C)c2)c(Br)c1. The van der Waals surface area contributed by atoms with E-state index in [-0.39, 0.29) is 5.97 Å². The van der Waals surface area contributed by atoms with Gasteiger partial charge < -0.3 is 9.47 Å². The highest BCUT2D eigenvalue weighted by Gasteiger charge is 2.09. The highest BCUT2D eigenvalue weighted by atomic mass is 79.9. The number of aryl methyl sites for hydroxylation is 3. The quantitative estimate of drug-likeness (QED) is 0.343. The molecule has 0 atom stereocenters. The van der Waals surface area contributed by atoms with Crippen molar-refractivity contribution in [1.29, 1.82) is 0 Å². The Morgan fingerprint density at radius 2 is 1.79 bits per heavy atom. The summed E-state index contributed by atoms with van der Waals surface area (Å²) in [5.41, 5.74) is 3.06. The lowest BCUT2D eigenvalue weighted by atomic mass is 10.1. The van der Waals surface area contributed by atoms with Crippen LogP contribution in [0.1, 0.15) is 29.5 Å². The molecule has 0 saturated carbocycles. The van der Waals surface area contributed by atoms with Gasteiger partial charge >= 0.3 is 5.97 Å². The standard InChI is InChI=1S/C19H20BrClO3/c1-12-6-7-17(16(20)9-12)24-18(22)5-4-8-23-15-10-13(2)19(21)14(3)11-15/h6-7,9-11H,4-5,8H2,1-3H3. The van der Waals surface area contributed by atoms with Gasteiger partial charge in [-0.3, -0.25) is 4.79 Å². The molecule has 2 rings (SSSR count). The Morgan fingerprint density at radius 3 is 2.42 bits per heavy atom. The Labute approximate surface area is 156 Å². The van der Waals surface area contributed by atoms with Crippen LogP contribution in [-0.2, 0) is 4.79 Å². The van der Waals surface area contributed by atoms with E-state index in [9.17, 15) is 4.79 Å². The van der Waals surface area contributed by atoms with Crippen molar-refractivity contribution >= 4 is 33.5 Å². The Balaban J connectivity index is 1.79. The average Bonchev–Trinajstić information content (AvgIpc) is 2.52. The van der Waals surface area contributed by atoms with E-state index in [1.54, 1.807) is 6.07 Å². The number of ether oxygens (including phenoxy) is 2. The van der Waals surface area contributed by atoms with Gasteiger partial charge in [0.2, 0.25) is 0 Å². The number of carbonyl (C=O) groups excluding carboxylic acids is 1. The van der Waals surface area contributed by atoms with Gasteiger partial charge in [-0.15, -0.1) is 0 Å². The van der Waals surface area contributed by atoms with Crippen molar-refractivity contribution in [2.24, 2.45) is 0 Å². The van der Waals surface area contributed by atoms with Crippen LogP contribution in [0.25, 0.3) is 0 Å². The van der Waals surface area contributed by atoms with Crippen LogP contribution in [0.5, 0.6) is 11.5 Å². The maximum atomic E-state index is 11.9. The Bertz CT molecular complexity index is 720. The van der Waals surface area contributed by atoms with E-state index in [0.717, 1.165) is 31.9 Å². The Hall–Kier alpha value is -1.52. The maximum Gasteiger partial charge on any atom is 0.311 e. The van der Waals surface area contributed by atoms with Gasteiger partial charge in [-0.2, -0.15) is 0 Å². The summed E-state index contributed by atoms with van der Waals surface area (Å²) in [6.07, 6.45) is 0.884. The molecule has 2 aromatic carbocycles. The van der Waals surface area contributed by atoms with E-state index < -0.39 is 0 Å². The van der Waals surface area contributed by atoms with Gasteiger partial charge in [0.05, 0.1) is 11.1 Å². The van der Waals surface area contributed by atoms with Crippen molar-refractivity contribution in [3.63, 3.8) is 0 Å². The van der Waals surface area contributed by atoms with Crippen molar-refractivity contribution in [2.75, 3.05) is 6.61 Å². The zero-order chi connectivity index (χ0) is 17.7. The van der Waals surface area contributed by atoms with Crippen LogP contribution >= 0.6 is 27.5 Å². The van der Waals surface area contributed by atoms with Crippen molar-refractivity contribution in [3.05, 3.63) is 56.5 Å². The third kappa shape index (κ3) is 5.25. The number of hydrogen-bond acceptors (Lipinski definition) is 3. The highest BCUT2D eigenvalue weighted by molar-refractivity contribution is 9.10. The van der Waals surface area contributed by atoms with E-state index in [1.165, 1.54) is 0 Å². The normalized spacial score (nSPS) is 10.5. The minimum Gasteiger partial charge on any atom is -0.494 e. The molecule has 0 bridgehead atoms. The second-order valence-electron chi connectivity index (χ2n) is 5.73. The summed E-state index contributed by atoms with van der Waals surface area (Å²) in [6, 6.07) is 9.40. The second-order valence-corrected chi connectivity index (χ2v) is 6.96. The van der Waals surface area contributed by atoms with E-state index in [1.807, 2.05) is 45.0 Å². The molecular weight excluding hydrogens is 392 g/mol. The molecular formula is C19H20BrClO3. The molecule has 2 aromatic rings. The molecule has 0 spiro atoms. The molecule has 0 aliphatic rings. The lowest BCUT2D eigenvalue weighted by molar-refractivity contribution is -0.134. The first-order valence-electron chi connectivity index (χ1n) is 7.73. The summed E-state index contributed by atoms with van der Waals surface area (Å²) in [7, 11) is 0. The minimum atomic E-state index is -0.272. The topological polar surface area (TPSA) is 35.5 Å². The molecule has 5 heteroatoms. The van der Waals surface area contributed by atoms with Crippen LogP contribution in [0, 0.1) is 20.8 Å². The van der Waals surface area contributed by atoms with Gasteiger partial charge in [-0.1, -0.05) is 17.7 Å². The van der Waals surface area contributed by atoms with Gasteiger partial charge in [-0.05, 0) is 84.1 Å². The lowest BCUT2D eigenvalue weighted by Gasteiger charge is -2.10. The van der Waals surface area contributed by atoms with Crippen LogP contribution in [0.3, 0.4) is 0 Å². The first-order valence-corrected chi connectivity index (χ1v) is 8.90. The van der Waals surface area contributed by atoms with Crippen molar-refractivity contribution in [2.45, 2.75) is 33.6 Å². The van der Waals surface area contributed by atoms with Crippen molar-refractivity contribution in [1.82, 2.24) is 0 Å². The molecule has 0 aromatic heterocycles. The average molecular weight is 412 g/mol. The van der Waals surface area contributed by atoms with Gasteiger partial charge in [0.1, 0.15) is 11.5 Å². The van der Waals surface area contributed by atoms with Crippen LogP contribution in [-0.4, -0.2) is 12.6 Å². The smallest absolute Gasteiger partial charge is 0.311 e. The Kier molecular flexibility index (Phi) is 6.69. The molecule has 0 N–H and O–H groups in total. The fourth-order valence-corrected chi connectivity index (χ4v) is 2.94. The van der Waals surface area contributed by atoms with Crippen molar-refractivity contribution < 1.29 is 14.3 Å². The molecule has 128 valence electrons. The summed E-state index contributed by atoms with van der Waals surface area (Å²) in [5, 5.41) is 0.759. The molecule has 0 fully saturated rings. The van der Waals surface area contributed by atoms with Crippen LogP contribution in [0.15, 0.2) is 34.8 Å². The molecule has 0 unspecified atom stereocenters. The maximum absolute atomic E-state index is 11.9. The molecule has 3 nitrogen and oxygen atoms in total. The van der Waals surface area contributed by atoms with Gasteiger partial charge in [0, 0.05) is 11.4 Å². The third-order valence-corrected chi connectivity index (χ3v) is 4.73. The number of halogens is 2. The monoisotopic (exact) mass is 410 g/mol. The Morgan fingerprint density at radius 1 is 1.12 bits per heavy atom. The first kappa shape index (κ1) is 18.8. The van der Waals surface area contributed by atoms with E-state index >= 15 is 0 Å². The molecule has 0 aliphatic carbocycles. The molecule has 24 heavy (non-hydrogen) atoms. The predicted octanol–water partition coefficient (Wildman–Crippen LogP) is 5.79. The van der Waals surface area contributed by atoms with E-state index in [0.29, 0.717) is 25.2 Å². The molecule has 0 amide bonds. The van der Waals surface area contributed by atoms with E-state index in [4.69, 9.17) is 21.1 Å². The number of rotatable bonds is 6. The van der Waals surface area contributed by atoms with Crippen LogP contribution < -0.4 is 9.47 Å². The number of carbonyl (C=O) groups is 1. The third-order valence-electron chi connectivity index (χ3n) is 3.52.